The molecule has 9 heteroatoms. The Bertz CT molecular complexity index is 486. The van der Waals surface area contributed by atoms with Gasteiger partial charge in [0, 0.05) is 12.8 Å². The molecule has 0 fully saturated rings. The Morgan fingerprint density at radius 3 is 2.48 bits per heavy atom. The van der Waals surface area contributed by atoms with Crippen LogP contribution >= 0.6 is 0 Å². The van der Waals surface area contributed by atoms with E-state index in [4.69, 9.17) is 14.9 Å². The summed E-state index contributed by atoms with van der Waals surface area (Å²) in [7, 11) is 1.33. The van der Waals surface area contributed by atoms with Gasteiger partial charge in [-0.1, -0.05) is 0 Å². The molecule has 1 aliphatic rings. The number of nitrogens with zero attached hydrogens (tertiary/aromatic N) is 1. The molecule has 1 rings (SSSR count). The summed E-state index contributed by atoms with van der Waals surface area (Å²) in [6.07, 6.45) is -0.135. The molecule has 0 aromatic rings. The van der Waals surface area contributed by atoms with Gasteiger partial charge >= 0.3 is 11.9 Å². The highest BCUT2D eigenvalue weighted by Gasteiger charge is 2.37. The third-order valence-electron chi connectivity index (χ3n) is 2.90. The first kappa shape index (κ1) is 16.9. The van der Waals surface area contributed by atoms with E-state index in [1.807, 2.05) is 0 Å². The van der Waals surface area contributed by atoms with Crippen LogP contribution in [0.25, 0.3) is 0 Å². The second kappa shape index (κ2) is 7.04. The normalized spacial score (nSPS) is 24.0. The lowest BCUT2D eigenvalue weighted by molar-refractivity contribution is -0.136. The number of aliphatic hydroxyl groups excluding tert-OH is 1. The standard InChI is InChI=1S/C12H18N2O7/c1-21-11-7(13-4-9(16)17)2-12(20,6-15)3-8(11)14-5-10(18)19/h13,15,20H,2-6H2,1H3,(H,16,17)(H,18,19)/t12-/m1/s1. The van der Waals surface area contributed by atoms with Crippen LogP contribution in [0.2, 0.25) is 0 Å². The van der Waals surface area contributed by atoms with Crippen molar-refractivity contribution in [1.82, 2.24) is 5.32 Å². The quantitative estimate of drug-likeness (QED) is 0.384. The molecule has 0 unspecified atom stereocenters. The van der Waals surface area contributed by atoms with Gasteiger partial charge in [-0.15, -0.1) is 0 Å². The van der Waals surface area contributed by atoms with E-state index in [1.54, 1.807) is 0 Å². The molecule has 0 saturated heterocycles. The summed E-state index contributed by atoms with van der Waals surface area (Å²) in [5.41, 5.74) is -1.12. The van der Waals surface area contributed by atoms with E-state index < -0.39 is 37.2 Å². The second-order valence-electron chi connectivity index (χ2n) is 4.65. The van der Waals surface area contributed by atoms with E-state index in [9.17, 15) is 19.8 Å². The molecule has 1 aliphatic carbocycles. The van der Waals surface area contributed by atoms with Gasteiger partial charge < -0.3 is 30.5 Å². The largest absolute Gasteiger partial charge is 0.493 e. The number of rotatable bonds is 7. The van der Waals surface area contributed by atoms with Crippen LogP contribution < -0.4 is 5.32 Å². The van der Waals surface area contributed by atoms with E-state index in [0.717, 1.165) is 0 Å². The molecule has 0 spiro atoms. The van der Waals surface area contributed by atoms with Gasteiger partial charge in [-0.2, -0.15) is 0 Å². The van der Waals surface area contributed by atoms with E-state index in [1.165, 1.54) is 7.11 Å². The third kappa shape index (κ3) is 4.72. The minimum absolute atomic E-state index is 0.0496. The lowest BCUT2D eigenvalue weighted by Gasteiger charge is -2.33. The molecule has 9 nitrogen and oxygen atoms in total. The second-order valence-corrected chi connectivity index (χ2v) is 4.65. The Morgan fingerprint density at radius 2 is 2.00 bits per heavy atom. The fourth-order valence-corrected chi connectivity index (χ4v) is 2.01. The van der Waals surface area contributed by atoms with Crippen LogP contribution in [0, 0.1) is 0 Å². The summed E-state index contributed by atoms with van der Waals surface area (Å²) < 4.78 is 5.13. The Morgan fingerprint density at radius 1 is 1.33 bits per heavy atom. The van der Waals surface area contributed by atoms with Crippen molar-refractivity contribution in [2.45, 2.75) is 18.4 Å². The van der Waals surface area contributed by atoms with Crippen LogP contribution in [0.1, 0.15) is 12.8 Å². The van der Waals surface area contributed by atoms with E-state index in [2.05, 4.69) is 10.3 Å². The summed E-state index contributed by atoms with van der Waals surface area (Å²) >= 11 is 0. The molecule has 21 heavy (non-hydrogen) atoms. The first-order valence-electron chi connectivity index (χ1n) is 6.13. The van der Waals surface area contributed by atoms with Crippen molar-refractivity contribution in [2.24, 2.45) is 4.99 Å². The van der Waals surface area contributed by atoms with E-state index >= 15 is 0 Å². The molecule has 0 amide bonds. The lowest BCUT2D eigenvalue weighted by Crippen LogP contribution is -2.44. The molecule has 0 aromatic heterocycles. The molecule has 5 N–H and O–H groups in total. The number of carbonyl (C=O) groups is 2. The topological polar surface area (TPSA) is 149 Å². The molecule has 0 heterocycles. The monoisotopic (exact) mass is 302 g/mol. The van der Waals surface area contributed by atoms with Gasteiger partial charge in [0.2, 0.25) is 0 Å². The van der Waals surface area contributed by atoms with Crippen LogP contribution in [0.4, 0.5) is 0 Å². The zero-order chi connectivity index (χ0) is 16.0. The summed E-state index contributed by atoms with van der Waals surface area (Å²) in [6, 6.07) is 0. The highest BCUT2D eigenvalue weighted by atomic mass is 16.5. The smallest absolute Gasteiger partial charge is 0.325 e. The maximum absolute atomic E-state index is 10.6. The Kier molecular flexibility index (Phi) is 5.68. The number of hydrogen-bond acceptors (Lipinski definition) is 7. The van der Waals surface area contributed by atoms with Gasteiger partial charge in [0.05, 0.1) is 30.7 Å². The van der Waals surface area contributed by atoms with Crippen LogP contribution in [0.15, 0.2) is 16.4 Å². The third-order valence-corrected chi connectivity index (χ3v) is 2.90. The molecule has 0 aliphatic heterocycles. The lowest BCUT2D eigenvalue weighted by atomic mass is 9.85. The number of ether oxygens (including phenoxy) is 1. The van der Waals surface area contributed by atoms with Crippen molar-refractivity contribution < 1.29 is 34.8 Å². The molecular weight excluding hydrogens is 284 g/mol. The van der Waals surface area contributed by atoms with Gasteiger partial charge in [-0.25, -0.2) is 0 Å². The first-order valence-corrected chi connectivity index (χ1v) is 6.13. The minimum atomic E-state index is -1.54. The number of nitrogens with one attached hydrogen (secondary N) is 1. The number of aliphatic imine (C=N–C) groups is 1. The van der Waals surface area contributed by atoms with Crippen molar-refractivity contribution in [3.05, 3.63) is 11.5 Å². The van der Waals surface area contributed by atoms with Crippen LogP contribution in [0.5, 0.6) is 0 Å². The molecule has 1 atom stereocenters. The Labute approximate surface area is 120 Å². The van der Waals surface area contributed by atoms with Crippen molar-refractivity contribution in [3.8, 4) is 0 Å². The number of methoxy groups -OCH3 is 1. The van der Waals surface area contributed by atoms with E-state index in [-0.39, 0.29) is 30.0 Å². The minimum Gasteiger partial charge on any atom is -0.493 e. The van der Waals surface area contributed by atoms with Crippen molar-refractivity contribution in [3.63, 3.8) is 0 Å². The Hall–Kier alpha value is -2.13. The van der Waals surface area contributed by atoms with Crippen LogP contribution in [-0.4, -0.2) is 70.5 Å². The number of aliphatic hydroxyl groups is 2. The number of carboxylic acids is 2. The summed E-state index contributed by atoms with van der Waals surface area (Å²) in [5, 5.41) is 39.4. The van der Waals surface area contributed by atoms with Crippen LogP contribution in [0.3, 0.4) is 0 Å². The summed E-state index contributed by atoms with van der Waals surface area (Å²) in [4.78, 5) is 25.0. The van der Waals surface area contributed by atoms with Gasteiger partial charge in [0.1, 0.15) is 13.1 Å². The molecule has 0 saturated carbocycles. The van der Waals surface area contributed by atoms with E-state index in [0.29, 0.717) is 0 Å². The van der Waals surface area contributed by atoms with Gasteiger partial charge in [0.25, 0.3) is 0 Å². The molecule has 0 aromatic carbocycles. The van der Waals surface area contributed by atoms with Crippen molar-refractivity contribution in [2.75, 3.05) is 26.8 Å². The fourth-order valence-electron chi connectivity index (χ4n) is 2.01. The van der Waals surface area contributed by atoms with Gasteiger partial charge in [-0.3, -0.25) is 14.6 Å². The average molecular weight is 302 g/mol. The van der Waals surface area contributed by atoms with Gasteiger partial charge in [-0.05, 0) is 0 Å². The maximum atomic E-state index is 10.6. The highest BCUT2D eigenvalue weighted by molar-refractivity contribution is 6.01. The number of aliphatic carboxylic acids is 2. The maximum Gasteiger partial charge on any atom is 0.325 e. The predicted molar refractivity (Wildman–Crippen MR) is 70.9 cm³/mol. The predicted octanol–water partition coefficient (Wildman–Crippen LogP) is -1.44. The molecule has 0 radical (unpaired) electrons. The summed E-state index contributed by atoms with van der Waals surface area (Å²) in [6.45, 7) is -1.50. The highest BCUT2D eigenvalue weighted by Crippen LogP contribution is 2.30. The fraction of sp³-hybridized carbons (Fsp3) is 0.583. The first-order chi connectivity index (χ1) is 9.81. The van der Waals surface area contributed by atoms with Crippen molar-refractivity contribution >= 4 is 17.7 Å². The zero-order valence-electron chi connectivity index (χ0n) is 11.5. The van der Waals surface area contributed by atoms with Crippen molar-refractivity contribution in [1.29, 1.82) is 0 Å². The number of hydrogen-bond donors (Lipinski definition) is 5. The number of allylic oxidation sites excluding steroid dienone is 1. The SMILES string of the molecule is COC1=C(NCC(=O)O)C[C@](O)(CO)CC1=NCC(=O)O. The zero-order valence-corrected chi connectivity index (χ0v) is 11.5. The molecular formula is C12H18N2O7. The van der Waals surface area contributed by atoms with Crippen LogP contribution in [-0.2, 0) is 14.3 Å². The average Bonchev–Trinajstić information content (AvgIpc) is 2.42. The molecule has 118 valence electrons. The Balaban J connectivity index is 3.13. The number of carboxylic acid groups (broad SMARTS) is 2. The molecule has 0 bridgehead atoms. The summed E-state index contributed by atoms with van der Waals surface area (Å²) in [5.74, 6) is -2.08. The van der Waals surface area contributed by atoms with Gasteiger partial charge in [0.15, 0.2) is 5.76 Å².